The number of nitrogens with zero attached hydrogens (tertiary/aromatic N) is 4. The van der Waals surface area contributed by atoms with Crippen LogP contribution >= 0.6 is 0 Å². The van der Waals surface area contributed by atoms with Gasteiger partial charge in [-0.25, -0.2) is 0 Å². The Kier molecular flexibility index (Phi) is 13.1. The molecule has 5 nitrogen and oxygen atoms in total. The molecule has 0 amide bonds. The molecule has 9 aromatic rings. The van der Waals surface area contributed by atoms with E-state index < -0.39 is 13.3 Å². The van der Waals surface area contributed by atoms with E-state index in [1.807, 2.05) is 31.3 Å². The van der Waals surface area contributed by atoms with E-state index in [9.17, 15) is 0 Å². The van der Waals surface area contributed by atoms with Gasteiger partial charge in [-0.2, -0.15) is 0 Å². The number of rotatable bonds is 9. The van der Waals surface area contributed by atoms with Crippen LogP contribution in [0.3, 0.4) is 0 Å². The molecule has 7 heteroatoms. The van der Waals surface area contributed by atoms with Gasteiger partial charge in [-0.1, -0.05) is 70.2 Å². The molecule has 0 bridgehead atoms. The summed E-state index contributed by atoms with van der Waals surface area (Å²) < 4.78 is 9.67. The summed E-state index contributed by atoms with van der Waals surface area (Å²) in [5.74, 6) is 8.90. The fourth-order valence-corrected chi connectivity index (χ4v) is 9.94. The molecule has 2 unspecified atom stereocenters. The fourth-order valence-electron chi connectivity index (χ4n) is 7.77. The standard InChI is InChI=1S/C33H33N2.C20H19GeN2O.Ir/c1-5-23(3)28-21-27(25-15-9-7-10-16-25)22-29(24(4)6-2)32(28)35-31-20-14-13-19-30(31)34-33(35)26-17-11-8-12-18-26;1-13-9-16-17-10-14(5-8-19(17)24-20(16)12-22-13)18-7-6-15(11-23-18)21(2,3)4;/h7-17,19-24H,5-6H2,1-4H3;6-12H,1-4H3;/q2*-1;. The van der Waals surface area contributed by atoms with E-state index in [-0.39, 0.29) is 20.1 Å². The van der Waals surface area contributed by atoms with Gasteiger partial charge in [-0.3, -0.25) is 4.98 Å². The summed E-state index contributed by atoms with van der Waals surface area (Å²) in [5, 5.41) is 2.18. The zero-order chi connectivity index (χ0) is 41.3. The molecule has 0 saturated carbocycles. The van der Waals surface area contributed by atoms with Crippen LogP contribution in [0.25, 0.3) is 72.4 Å². The van der Waals surface area contributed by atoms with Gasteiger partial charge in [0, 0.05) is 25.8 Å². The van der Waals surface area contributed by atoms with Crippen molar-refractivity contribution in [1.82, 2.24) is 19.5 Å². The van der Waals surface area contributed by atoms with Crippen molar-refractivity contribution in [3.63, 3.8) is 0 Å². The number of hydrogen-bond acceptors (Lipinski definition) is 4. The van der Waals surface area contributed by atoms with Crippen LogP contribution in [0.1, 0.15) is 69.2 Å². The van der Waals surface area contributed by atoms with Gasteiger partial charge in [-0.05, 0) is 71.2 Å². The number of aromatic nitrogens is 4. The van der Waals surface area contributed by atoms with Crippen LogP contribution in [0.2, 0.25) is 17.3 Å². The van der Waals surface area contributed by atoms with Crippen LogP contribution in [-0.4, -0.2) is 32.8 Å². The third-order valence-corrected chi connectivity index (χ3v) is 15.9. The number of imidazole rings is 1. The Labute approximate surface area is 371 Å². The van der Waals surface area contributed by atoms with Gasteiger partial charge >= 0.3 is 144 Å². The molecule has 0 N–H and O–H groups in total. The van der Waals surface area contributed by atoms with Crippen LogP contribution in [0.4, 0.5) is 0 Å². The van der Waals surface area contributed by atoms with Gasteiger partial charge in [0.15, 0.2) is 0 Å². The first-order valence-electron chi connectivity index (χ1n) is 20.9. The minimum Gasteiger partial charge on any atom is 0 e. The van der Waals surface area contributed by atoms with Crippen LogP contribution in [-0.2, 0) is 20.1 Å². The summed E-state index contributed by atoms with van der Waals surface area (Å²) in [7, 11) is 0. The van der Waals surface area contributed by atoms with E-state index in [2.05, 4.69) is 175 Å². The SMILES string of the molecule is CCC(C)c1cc(-c2ccccc2)cc(C(C)CC)c1-n1c(-c2[c-]cccc2)nc2ccccc21.Cc1cc2c(cn1)oc1c[c-]c(-c3cc[c]([Ge]([CH3])([CH3])[CH3])cn3)cc12.[Ir]. The van der Waals surface area contributed by atoms with Crippen molar-refractivity contribution in [3.05, 3.63) is 163 Å². The van der Waals surface area contributed by atoms with E-state index in [0.29, 0.717) is 11.8 Å². The zero-order valence-electron chi connectivity index (χ0n) is 35.8. The Hall–Kier alpha value is -5.14. The Morgan fingerprint density at radius 2 is 1.37 bits per heavy atom. The predicted octanol–water partition coefficient (Wildman–Crippen LogP) is 13.9. The fraction of sp³-hybridized carbons (Fsp3) is 0.226. The summed E-state index contributed by atoms with van der Waals surface area (Å²) >= 11 is -1.83. The largest absolute Gasteiger partial charge is 0 e. The first-order valence-corrected chi connectivity index (χ1v) is 28.2. The Bertz CT molecular complexity index is 2850. The number of para-hydroxylation sites is 2. The molecule has 4 aromatic heterocycles. The number of benzene rings is 5. The average molecular weight is 1030 g/mol. The Morgan fingerprint density at radius 1 is 0.683 bits per heavy atom. The molecular formula is C53H52GeIrN4O-2. The molecule has 305 valence electrons. The molecule has 60 heavy (non-hydrogen) atoms. The smallest absolute Gasteiger partial charge is 0 e. The van der Waals surface area contributed by atoms with Crippen molar-refractivity contribution in [2.75, 3.05) is 0 Å². The maximum absolute atomic E-state index is 5.86. The topological polar surface area (TPSA) is 56.7 Å². The first-order chi connectivity index (χ1) is 28.5. The van der Waals surface area contributed by atoms with Crippen molar-refractivity contribution < 1.29 is 24.5 Å². The molecule has 0 fully saturated rings. The van der Waals surface area contributed by atoms with Crippen LogP contribution in [0, 0.1) is 19.1 Å². The van der Waals surface area contributed by atoms with E-state index in [4.69, 9.17) is 9.40 Å². The monoisotopic (exact) mass is 1030 g/mol. The first kappa shape index (κ1) is 43.0. The quantitative estimate of drug-likeness (QED) is 0.107. The van der Waals surface area contributed by atoms with Crippen LogP contribution < -0.4 is 4.40 Å². The maximum Gasteiger partial charge on any atom is 0 e. The van der Waals surface area contributed by atoms with Crippen LogP contribution in [0.5, 0.6) is 0 Å². The normalized spacial score (nSPS) is 12.5. The molecule has 1 radical (unpaired) electrons. The molecule has 4 heterocycles. The minimum absolute atomic E-state index is 0. The Morgan fingerprint density at radius 3 is 2.02 bits per heavy atom. The Balaban J connectivity index is 0.000000191. The molecule has 0 aliphatic heterocycles. The van der Waals surface area contributed by atoms with Crippen molar-refractivity contribution in [2.24, 2.45) is 0 Å². The van der Waals surface area contributed by atoms with Crippen LogP contribution in [0.15, 0.2) is 138 Å². The van der Waals surface area contributed by atoms with E-state index in [1.54, 1.807) is 6.20 Å². The maximum atomic E-state index is 5.86. The predicted molar refractivity (Wildman–Crippen MR) is 249 cm³/mol. The minimum atomic E-state index is -1.83. The molecule has 0 aliphatic rings. The van der Waals surface area contributed by atoms with E-state index >= 15 is 0 Å². The number of pyridine rings is 2. The molecule has 2 atom stereocenters. The summed E-state index contributed by atoms with van der Waals surface area (Å²) in [6.45, 7) is 11.3. The summed E-state index contributed by atoms with van der Waals surface area (Å²) in [6.07, 6.45) is 5.97. The molecule has 9 rings (SSSR count). The second-order valence-electron chi connectivity index (χ2n) is 16.8. The van der Waals surface area contributed by atoms with Gasteiger partial charge in [0.05, 0.1) is 16.9 Å². The second kappa shape index (κ2) is 18.2. The van der Waals surface area contributed by atoms with Gasteiger partial charge in [0.2, 0.25) is 0 Å². The zero-order valence-corrected chi connectivity index (χ0v) is 40.3. The van der Waals surface area contributed by atoms with Gasteiger partial charge < -0.3 is 4.57 Å². The summed E-state index contributed by atoms with van der Waals surface area (Å²) in [4.78, 5) is 14.1. The number of hydrogen-bond donors (Lipinski definition) is 0. The average Bonchev–Trinajstić information content (AvgIpc) is 3.84. The molecule has 0 aliphatic carbocycles. The third-order valence-electron chi connectivity index (χ3n) is 11.6. The van der Waals surface area contributed by atoms with Gasteiger partial charge in [-0.15, -0.1) is 35.9 Å². The van der Waals surface area contributed by atoms with Gasteiger partial charge in [0.1, 0.15) is 0 Å². The summed E-state index contributed by atoms with van der Waals surface area (Å²) in [5.41, 5.74) is 14.3. The molecule has 5 aromatic carbocycles. The van der Waals surface area contributed by atoms with Crippen molar-refractivity contribution in [2.45, 2.75) is 76.6 Å². The molecular weight excluding hydrogens is 973 g/mol. The number of aryl methyl sites for hydroxylation is 1. The van der Waals surface area contributed by atoms with E-state index in [1.165, 1.54) is 32.3 Å². The van der Waals surface area contributed by atoms with E-state index in [0.717, 1.165) is 74.2 Å². The third kappa shape index (κ3) is 8.70. The van der Waals surface area contributed by atoms with Crippen molar-refractivity contribution in [3.8, 4) is 39.5 Å². The molecule has 0 saturated heterocycles. The second-order valence-corrected chi connectivity index (χ2v) is 27.4. The number of fused-ring (bicyclic) bond motifs is 4. The van der Waals surface area contributed by atoms with Crippen molar-refractivity contribution >= 4 is 50.6 Å². The molecule has 0 spiro atoms. The number of furan rings is 1. The van der Waals surface area contributed by atoms with Crippen molar-refractivity contribution in [1.29, 1.82) is 0 Å². The summed E-state index contributed by atoms with van der Waals surface area (Å²) in [6, 6.07) is 49.4. The van der Waals surface area contributed by atoms with Gasteiger partial charge in [0.25, 0.3) is 0 Å².